The first-order valence-electron chi connectivity index (χ1n) is 12.3. The fourth-order valence-corrected chi connectivity index (χ4v) is 4.75. The second-order valence-corrected chi connectivity index (χ2v) is 8.97. The van der Waals surface area contributed by atoms with Crippen LogP contribution in [0.1, 0.15) is 39.6 Å². The summed E-state index contributed by atoms with van der Waals surface area (Å²) >= 11 is 0. The number of amides is 2. The standard InChI is InChI=1S/C30H26N2O6/c33-27(34)14-16-32(18-20-8-2-1-3-9-20)29(35)28-26(15-17-37-28)31-30(36)38-19-25-23-12-6-4-10-21(23)22-11-5-7-13-24(22)25/h1-13,15,17,25H,14,16,18-19H2,(H,31,36)(H,33,34). The molecular formula is C30H26N2O6. The number of anilines is 1. The van der Waals surface area contributed by atoms with Crippen molar-refractivity contribution in [1.29, 1.82) is 0 Å². The lowest BCUT2D eigenvalue weighted by atomic mass is 9.98. The third-order valence-electron chi connectivity index (χ3n) is 6.54. The third-order valence-corrected chi connectivity index (χ3v) is 6.54. The largest absolute Gasteiger partial charge is 0.481 e. The highest BCUT2D eigenvalue weighted by atomic mass is 16.5. The molecule has 8 nitrogen and oxygen atoms in total. The van der Waals surface area contributed by atoms with Crippen LogP contribution in [0.4, 0.5) is 10.5 Å². The number of rotatable bonds is 9. The average molecular weight is 511 g/mol. The summed E-state index contributed by atoms with van der Waals surface area (Å²) in [4.78, 5) is 38.6. The van der Waals surface area contributed by atoms with Gasteiger partial charge in [-0.25, -0.2) is 4.79 Å². The van der Waals surface area contributed by atoms with Crippen LogP contribution >= 0.6 is 0 Å². The van der Waals surface area contributed by atoms with E-state index in [2.05, 4.69) is 17.4 Å². The molecule has 0 bridgehead atoms. The van der Waals surface area contributed by atoms with Crippen molar-refractivity contribution in [3.63, 3.8) is 0 Å². The molecule has 192 valence electrons. The van der Waals surface area contributed by atoms with E-state index in [0.717, 1.165) is 27.8 Å². The zero-order chi connectivity index (χ0) is 26.5. The number of carbonyl (C=O) groups is 3. The van der Waals surface area contributed by atoms with Gasteiger partial charge in [0.15, 0.2) is 0 Å². The van der Waals surface area contributed by atoms with Gasteiger partial charge in [-0.1, -0.05) is 78.9 Å². The minimum absolute atomic E-state index is 0.0197. The number of ether oxygens (including phenoxy) is 1. The Morgan fingerprint density at radius 2 is 1.50 bits per heavy atom. The van der Waals surface area contributed by atoms with Gasteiger partial charge in [0.05, 0.1) is 18.4 Å². The van der Waals surface area contributed by atoms with Crippen molar-refractivity contribution in [1.82, 2.24) is 4.90 Å². The van der Waals surface area contributed by atoms with Crippen LogP contribution in [0, 0.1) is 0 Å². The van der Waals surface area contributed by atoms with E-state index in [9.17, 15) is 14.4 Å². The van der Waals surface area contributed by atoms with E-state index >= 15 is 0 Å². The molecule has 2 N–H and O–H groups in total. The number of nitrogens with one attached hydrogen (secondary N) is 1. The first-order valence-corrected chi connectivity index (χ1v) is 12.3. The van der Waals surface area contributed by atoms with E-state index in [0.29, 0.717) is 0 Å². The Bertz CT molecular complexity index is 1420. The van der Waals surface area contributed by atoms with Gasteiger partial charge in [-0.05, 0) is 27.8 Å². The molecule has 1 heterocycles. The molecular weight excluding hydrogens is 484 g/mol. The SMILES string of the molecule is O=C(O)CCN(Cc1ccccc1)C(=O)c1occc1NC(=O)OCC1c2ccccc2-c2ccccc21. The number of aliphatic carboxylic acids is 1. The molecule has 0 saturated heterocycles. The number of carboxylic acid groups (broad SMARTS) is 1. The quantitative estimate of drug-likeness (QED) is 0.296. The molecule has 1 aromatic heterocycles. The maximum absolute atomic E-state index is 13.3. The summed E-state index contributed by atoms with van der Waals surface area (Å²) in [5.41, 5.74) is 5.43. The summed E-state index contributed by atoms with van der Waals surface area (Å²) in [7, 11) is 0. The van der Waals surface area contributed by atoms with Crippen LogP contribution in [0.25, 0.3) is 11.1 Å². The predicted molar refractivity (Wildman–Crippen MR) is 141 cm³/mol. The Labute approximate surface area is 219 Å². The molecule has 3 aromatic carbocycles. The first kappa shape index (κ1) is 24.8. The highest BCUT2D eigenvalue weighted by molar-refractivity contribution is 6.00. The van der Waals surface area contributed by atoms with Gasteiger partial charge in [-0.15, -0.1) is 0 Å². The topological polar surface area (TPSA) is 109 Å². The van der Waals surface area contributed by atoms with Gasteiger partial charge in [0, 0.05) is 25.1 Å². The minimum atomic E-state index is -1.02. The second-order valence-electron chi connectivity index (χ2n) is 8.97. The highest BCUT2D eigenvalue weighted by Crippen LogP contribution is 2.44. The van der Waals surface area contributed by atoms with Gasteiger partial charge in [0.1, 0.15) is 6.61 Å². The molecule has 5 rings (SSSR count). The lowest BCUT2D eigenvalue weighted by Crippen LogP contribution is -2.33. The van der Waals surface area contributed by atoms with E-state index in [1.54, 1.807) is 0 Å². The van der Waals surface area contributed by atoms with E-state index in [1.165, 1.54) is 17.2 Å². The number of carbonyl (C=O) groups excluding carboxylic acids is 2. The molecule has 2 amide bonds. The van der Waals surface area contributed by atoms with Crippen LogP contribution < -0.4 is 5.32 Å². The van der Waals surface area contributed by atoms with Gasteiger partial charge in [-0.3, -0.25) is 14.9 Å². The van der Waals surface area contributed by atoms with E-state index in [4.69, 9.17) is 14.3 Å². The van der Waals surface area contributed by atoms with Crippen LogP contribution in [-0.2, 0) is 16.1 Å². The molecule has 4 aromatic rings. The van der Waals surface area contributed by atoms with Crippen LogP contribution in [0.15, 0.2) is 95.6 Å². The predicted octanol–water partition coefficient (Wildman–Crippen LogP) is 5.76. The van der Waals surface area contributed by atoms with Gasteiger partial charge in [-0.2, -0.15) is 0 Å². The molecule has 0 atom stereocenters. The van der Waals surface area contributed by atoms with Gasteiger partial charge < -0.3 is 19.2 Å². The summed E-state index contributed by atoms with van der Waals surface area (Å²) in [5.74, 6) is -1.75. The number of furan rings is 1. The Hall–Kier alpha value is -4.85. The van der Waals surface area contributed by atoms with Crippen LogP contribution in [-0.4, -0.2) is 41.1 Å². The van der Waals surface area contributed by atoms with Crippen LogP contribution in [0.2, 0.25) is 0 Å². The van der Waals surface area contributed by atoms with Crippen molar-refractivity contribution in [2.45, 2.75) is 18.9 Å². The van der Waals surface area contributed by atoms with Crippen LogP contribution in [0.5, 0.6) is 0 Å². The summed E-state index contributed by atoms with van der Waals surface area (Å²) in [5, 5.41) is 11.8. The normalized spacial score (nSPS) is 11.9. The average Bonchev–Trinajstić information content (AvgIpc) is 3.52. The number of hydrogen-bond donors (Lipinski definition) is 2. The summed E-state index contributed by atoms with van der Waals surface area (Å²) in [6, 6.07) is 26.8. The first-order chi connectivity index (χ1) is 18.5. The Morgan fingerprint density at radius 1 is 0.868 bits per heavy atom. The number of benzene rings is 3. The molecule has 0 fully saturated rings. The van der Waals surface area contributed by atoms with Crippen molar-refractivity contribution in [3.05, 3.63) is 114 Å². The zero-order valence-electron chi connectivity index (χ0n) is 20.5. The monoisotopic (exact) mass is 510 g/mol. The third kappa shape index (κ3) is 5.29. The number of carboxylic acids is 1. The van der Waals surface area contributed by atoms with E-state index in [-0.39, 0.29) is 43.5 Å². The molecule has 1 aliphatic carbocycles. The Morgan fingerprint density at radius 3 is 2.16 bits per heavy atom. The van der Waals surface area contributed by atoms with Crippen molar-refractivity contribution in [3.8, 4) is 11.1 Å². The number of nitrogens with zero attached hydrogens (tertiary/aromatic N) is 1. The molecule has 0 spiro atoms. The van der Waals surface area contributed by atoms with Crippen molar-refractivity contribution >= 4 is 23.7 Å². The summed E-state index contributed by atoms with van der Waals surface area (Å²) < 4.78 is 11.0. The zero-order valence-corrected chi connectivity index (χ0v) is 20.5. The van der Waals surface area contributed by atoms with Gasteiger partial charge in [0.2, 0.25) is 5.76 Å². The molecule has 38 heavy (non-hydrogen) atoms. The van der Waals surface area contributed by atoms with Crippen molar-refractivity contribution in [2.75, 3.05) is 18.5 Å². The molecule has 0 saturated carbocycles. The minimum Gasteiger partial charge on any atom is -0.481 e. The fourth-order valence-electron chi connectivity index (χ4n) is 4.75. The molecule has 8 heteroatoms. The van der Waals surface area contributed by atoms with Crippen molar-refractivity contribution < 1.29 is 28.6 Å². The number of hydrogen-bond acceptors (Lipinski definition) is 5. The summed E-state index contributed by atoms with van der Waals surface area (Å²) in [6.45, 7) is 0.298. The number of fused-ring (bicyclic) bond motifs is 3. The molecule has 0 radical (unpaired) electrons. The Kier molecular flexibility index (Phi) is 7.21. The lowest BCUT2D eigenvalue weighted by Gasteiger charge is -2.21. The summed E-state index contributed by atoms with van der Waals surface area (Å²) in [6.07, 6.45) is 0.348. The molecule has 0 aliphatic heterocycles. The smallest absolute Gasteiger partial charge is 0.411 e. The van der Waals surface area contributed by atoms with Gasteiger partial charge >= 0.3 is 12.1 Å². The lowest BCUT2D eigenvalue weighted by molar-refractivity contribution is -0.137. The van der Waals surface area contributed by atoms with Crippen LogP contribution in [0.3, 0.4) is 0 Å². The maximum Gasteiger partial charge on any atom is 0.411 e. The fraction of sp³-hybridized carbons (Fsp3) is 0.167. The molecule has 0 unspecified atom stereocenters. The van der Waals surface area contributed by atoms with Gasteiger partial charge in [0.25, 0.3) is 5.91 Å². The molecule has 1 aliphatic rings. The Balaban J connectivity index is 1.27. The van der Waals surface area contributed by atoms with Crippen molar-refractivity contribution in [2.24, 2.45) is 0 Å². The van der Waals surface area contributed by atoms with E-state index < -0.39 is 18.0 Å². The second kappa shape index (κ2) is 11.0. The maximum atomic E-state index is 13.3. The highest BCUT2D eigenvalue weighted by Gasteiger charge is 2.29. The van der Waals surface area contributed by atoms with E-state index in [1.807, 2.05) is 66.7 Å².